The molecule has 0 spiro atoms. The summed E-state index contributed by atoms with van der Waals surface area (Å²) in [5.74, 6) is 0.0651. The summed E-state index contributed by atoms with van der Waals surface area (Å²) in [4.78, 5) is 0. The topological polar surface area (TPSA) is 69.6 Å². The second kappa shape index (κ2) is 5.44. The van der Waals surface area contributed by atoms with Gasteiger partial charge in [0.15, 0.2) is 0 Å². The van der Waals surface area contributed by atoms with Crippen LogP contribution in [0.25, 0.3) is 0 Å². The fourth-order valence-electron chi connectivity index (χ4n) is 1.96. The minimum absolute atomic E-state index is 0.0541. The standard InChI is InChI=1S/C10H22N2O3S/c1-8(2)12(3)16(14,15)11-10-6-4-5-9(10)7-13/h8-11,13H,4-7H2,1-3H3. The first-order chi connectivity index (χ1) is 7.38. The molecule has 0 aliphatic heterocycles. The van der Waals surface area contributed by atoms with Crippen LogP contribution in [0.5, 0.6) is 0 Å². The Labute approximate surface area is 98.0 Å². The molecule has 0 heterocycles. The third-order valence-electron chi connectivity index (χ3n) is 3.30. The van der Waals surface area contributed by atoms with E-state index in [0.29, 0.717) is 0 Å². The summed E-state index contributed by atoms with van der Waals surface area (Å²) in [7, 11) is -1.85. The fourth-order valence-corrected chi connectivity index (χ4v) is 3.38. The second-order valence-electron chi connectivity index (χ2n) is 4.71. The molecular weight excluding hydrogens is 228 g/mol. The van der Waals surface area contributed by atoms with Crippen LogP contribution in [0.4, 0.5) is 0 Å². The van der Waals surface area contributed by atoms with Crippen LogP contribution in [0.15, 0.2) is 0 Å². The van der Waals surface area contributed by atoms with Crippen molar-refractivity contribution in [3.8, 4) is 0 Å². The van der Waals surface area contributed by atoms with E-state index in [1.807, 2.05) is 13.8 Å². The minimum atomic E-state index is -3.41. The molecule has 1 saturated carbocycles. The molecule has 1 aliphatic rings. The molecule has 0 aromatic carbocycles. The summed E-state index contributed by atoms with van der Waals surface area (Å²) in [5, 5.41) is 9.13. The van der Waals surface area contributed by atoms with E-state index < -0.39 is 10.2 Å². The molecule has 0 amide bonds. The molecular formula is C10H22N2O3S. The monoisotopic (exact) mass is 250 g/mol. The molecule has 1 aliphatic carbocycles. The van der Waals surface area contributed by atoms with Crippen LogP contribution in [-0.4, -0.2) is 43.6 Å². The molecule has 2 N–H and O–H groups in total. The van der Waals surface area contributed by atoms with Gasteiger partial charge in [-0.25, -0.2) is 0 Å². The number of rotatable bonds is 5. The smallest absolute Gasteiger partial charge is 0.279 e. The fraction of sp³-hybridized carbons (Fsp3) is 1.00. The summed E-state index contributed by atoms with van der Waals surface area (Å²) < 4.78 is 27.8. The molecule has 0 bridgehead atoms. The highest BCUT2D eigenvalue weighted by Gasteiger charge is 2.32. The van der Waals surface area contributed by atoms with Crippen molar-refractivity contribution in [3.63, 3.8) is 0 Å². The van der Waals surface area contributed by atoms with Gasteiger partial charge in [0.1, 0.15) is 0 Å². The van der Waals surface area contributed by atoms with Gasteiger partial charge in [0.05, 0.1) is 0 Å². The van der Waals surface area contributed by atoms with Crippen LogP contribution in [0, 0.1) is 5.92 Å². The van der Waals surface area contributed by atoms with Crippen molar-refractivity contribution in [1.82, 2.24) is 9.03 Å². The van der Waals surface area contributed by atoms with E-state index in [0.717, 1.165) is 19.3 Å². The first kappa shape index (κ1) is 13.9. The van der Waals surface area contributed by atoms with Gasteiger partial charge < -0.3 is 5.11 Å². The van der Waals surface area contributed by atoms with E-state index in [-0.39, 0.29) is 24.6 Å². The number of aliphatic hydroxyl groups excluding tert-OH is 1. The average molecular weight is 250 g/mol. The summed E-state index contributed by atoms with van der Waals surface area (Å²) in [6.45, 7) is 3.72. The van der Waals surface area contributed by atoms with Crippen LogP contribution in [0.3, 0.4) is 0 Å². The van der Waals surface area contributed by atoms with Crippen molar-refractivity contribution in [2.45, 2.75) is 45.2 Å². The summed E-state index contributed by atoms with van der Waals surface area (Å²) in [6.07, 6.45) is 2.69. The Kier molecular flexibility index (Phi) is 4.73. The van der Waals surface area contributed by atoms with Gasteiger partial charge in [-0.3, -0.25) is 0 Å². The van der Waals surface area contributed by atoms with Crippen molar-refractivity contribution in [2.24, 2.45) is 5.92 Å². The predicted molar refractivity (Wildman–Crippen MR) is 63.2 cm³/mol. The molecule has 2 atom stereocenters. The lowest BCUT2D eigenvalue weighted by Gasteiger charge is -2.25. The summed E-state index contributed by atoms with van der Waals surface area (Å²) in [5.41, 5.74) is 0. The number of hydrogen-bond donors (Lipinski definition) is 2. The lowest BCUT2D eigenvalue weighted by molar-refractivity contribution is 0.212. The maximum Gasteiger partial charge on any atom is 0.279 e. The Hall–Kier alpha value is -0.170. The Morgan fingerprint density at radius 3 is 2.56 bits per heavy atom. The normalized spacial score (nSPS) is 26.9. The zero-order valence-corrected chi connectivity index (χ0v) is 11.0. The molecule has 16 heavy (non-hydrogen) atoms. The zero-order valence-electron chi connectivity index (χ0n) is 10.2. The van der Waals surface area contributed by atoms with Crippen molar-refractivity contribution < 1.29 is 13.5 Å². The van der Waals surface area contributed by atoms with Gasteiger partial charge in [-0.15, -0.1) is 0 Å². The number of nitrogens with zero attached hydrogens (tertiary/aromatic N) is 1. The van der Waals surface area contributed by atoms with Crippen LogP contribution >= 0.6 is 0 Å². The molecule has 1 rings (SSSR count). The second-order valence-corrected chi connectivity index (χ2v) is 6.47. The SMILES string of the molecule is CC(C)N(C)S(=O)(=O)NC1CCCC1CO. The van der Waals surface area contributed by atoms with Crippen LogP contribution in [0.2, 0.25) is 0 Å². The lowest BCUT2D eigenvalue weighted by Crippen LogP contribution is -2.47. The molecule has 0 aromatic rings. The average Bonchev–Trinajstić information content (AvgIpc) is 2.63. The van der Waals surface area contributed by atoms with Crippen molar-refractivity contribution in [1.29, 1.82) is 0 Å². The lowest BCUT2D eigenvalue weighted by atomic mass is 10.1. The third-order valence-corrected chi connectivity index (χ3v) is 5.08. The van der Waals surface area contributed by atoms with Crippen LogP contribution in [0.1, 0.15) is 33.1 Å². The molecule has 1 fully saturated rings. The van der Waals surface area contributed by atoms with Crippen molar-refractivity contribution in [2.75, 3.05) is 13.7 Å². The van der Waals surface area contributed by atoms with Gasteiger partial charge in [-0.1, -0.05) is 6.42 Å². The van der Waals surface area contributed by atoms with Crippen molar-refractivity contribution in [3.05, 3.63) is 0 Å². The van der Waals surface area contributed by atoms with Crippen molar-refractivity contribution >= 4 is 10.2 Å². The van der Waals surface area contributed by atoms with Gasteiger partial charge in [0, 0.05) is 25.7 Å². The molecule has 6 heteroatoms. The molecule has 0 aromatic heterocycles. The molecule has 5 nitrogen and oxygen atoms in total. The first-order valence-corrected chi connectivity index (χ1v) is 7.18. The van der Waals surface area contributed by atoms with E-state index in [1.165, 1.54) is 4.31 Å². The Balaban J connectivity index is 2.65. The number of aliphatic hydroxyl groups is 1. The van der Waals surface area contributed by atoms with E-state index in [1.54, 1.807) is 7.05 Å². The first-order valence-electron chi connectivity index (χ1n) is 5.74. The molecule has 0 radical (unpaired) electrons. The molecule has 2 unspecified atom stereocenters. The number of hydrogen-bond acceptors (Lipinski definition) is 3. The quantitative estimate of drug-likeness (QED) is 0.738. The zero-order chi connectivity index (χ0) is 12.3. The van der Waals surface area contributed by atoms with Gasteiger partial charge in [0.25, 0.3) is 10.2 Å². The predicted octanol–water partition coefficient (Wildman–Crippen LogP) is 0.322. The van der Waals surface area contributed by atoms with E-state index in [2.05, 4.69) is 4.72 Å². The maximum atomic E-state index is 11.9. The number of nitrogens with one attached hydrogen (secondary N) is 1. The minimum Gasteiger partial charge on any atom is -0.396 e. The van der Waals surface area contributed by atoms with Gasteiger partial charge >= 0.3 is 0 Å². The van der Waals surface area contributed by atoms with E-state index in [4.69, 9.17) is 5.11 Å². The highest BCUT2D eigenvalue weighted by atomic mass is 32.2. The Bertz CT molecular complexity index is 316. The largest absolute Gasteiger partial charge is 0.396 e. The van der Waals surface area contributed by atoms with Crippen LogP contribution < -0.4 is 4.72 Å². The third kappa shape index (κ3) is 3.16. The van der Waals surface area contributed by atoms with E-state index >= 15 is 0 Å². The molecule has 96 valence electrons. The van der Waals surface area contributed by atoms with Crippen LogP contribution in [-0.2, 0) is 10.2 Å². The maximum absolute atomic E-state index is 11.9. The van der Waals surface area contributed by atoms with E-state index in [9.17, 15) is 8.42 Å². The molecule has 0 saturated heterocycles. The van der Waals surface area contributed by atoms with Gasteiger partial charge in [-0.2, -0.15) is 17.4 Å². The Morgan fingerprint density at radius 1 is 1.44 bits per heavy atom. The summed E-state index contributed by atoms with van der Waals surface area (Å²) >= 11 is 0. The summed E-state index contributed by atoms with van der Waals surface area (Å²) in [6, 6.07) is -0.178. The van der Waals surface area contributed by atoms with Gasteiger partial charge in [0.2, 0.25) is 0 Å². The highest BCUT2D eigenvalue weighted by Crippen LogP contribution is 2.25. The van der Waals surface area contributed by atoms with Gasteiger partial charge in [-0.05, 0) is 32.6 Å². The highest BCUT2D eigenvalue weighted by molar-refractivity contribution is 7.87. The Morgan fingerprint density at radius 2 is 2.06 bits per heavy atom.